The second-order valence-electron chi connectivity index (χ2n) is 2.68. The molecule has 1 rings (SSSR count). The Balaban J connectivity index is 2.63. The highest BCUT2D eigenvalue weighted by molar-refractivity contribution is 5.32. The van der Waals surface area contributed by atoms with Gasteiger partial charge in [0, 0.05) is 12.1 Å². The van der Waals surface area contributed by atoms with E-state index in [1.165, 1.54) is 12.4 Å². The molecule has 1 aromatic rings. The molecular weight excluding hydrogens is 157 g/mol. The number of nitrogens with zero attached hydrogens (tertiary/aromatic N) is 2. The smallest absolute Gasteiger partial charge is 0.217 e. The van der Waals surface area contributed by atoms with E-state index in [0.29, 0.717) is 11.9 Å². The number of hydrogen-bond acceptors (Lipinski definition) is 3. The van der Waals surface area contributed by atoms with E-state index >= 15 is 0 Å². The molecule has 1 heterocycles. The average Bonchev–Trinajstić information content (AvgIpc) is 2.04. The van der Waals surface area contributed by atoms with Crippen LogP contribution in [0.1, 0.15) is 20.3 Å². The molecule has 0 saturated carbocycles. The highest BCUT2D eigenvalue weighted by Gasteiger charge is 2.00. The summed E-state index contributed by atoms with van der Waals surface area (Å²) in [4.78, 5) is 7.22. The van der Waals surface area contributed by atoms with Crippen LogP contribution in [-0.4, -0.2) is 16.0 Å². The summed E-state index contributed by atoms with van der Waals surface area (Å²) < 4.78 is 12.5. The van der Waals surface area contributed by atoms with Gasteiger partial charge in [-0.25, -0.2) is 9.97 Å². The fraction of sp³-hybridized carbons (Fsp3) is 0.500. The molecule has 0 saturated heterocycles. The lowest BCUT2D eigenvalue weighted by atomic mass is 10.2. The molecule has 66 valence electrons. The third kappa shape index (κ3) is 2.45. The molecule has 3 nitrogen and oxygen atoms in total. The van der Waals surface area contributed by atoms with Crippen molar-refractivity contribution in [1.82, 2.24) is 9.97 Å². The van der Waals surface area contributed by atoms with Gasteiger partial charge in [-0.1, -0.05) is 6.92 Å². The van der Waals surface area contributed by atoms with Crippen molar-refractivity contribution in [2.24, 2.45) is 0 Å². The SMILES string of the molecule is CCC(C)Nc1cc(F)ncn1. The lowest BCUT2D eigenvalue weighted by molar-refractivity contribution is 0.579. The number of nitrogens with one attached hydrogen (secondary N) is 1. The first-order valence-corrected chi connectivity index (χ1v) is 3.96. The van der Waals surface area contributed by atoms with Crippen LogP contribution in [0.4, 0.5) is 10.2 Å². The molecule has 0 aromatic carbocycles. The Morgan fingerprint density at radius 1 is 1.58 bits per heavy atom. The number of aromatic nitrogens is 2. The van der Waals surface area contributed by atoms with Crippen LogP contribution in [0.15, 0.2) is 12.4 Å². The van der Waals surface area contributed by atoms with Gasteiger partial charge in [0.2, 0.25) is 5.95 Å². The van der Waals surface area contributed by atoms with Crippen molar-refractivity contribution in [1.29, 1.82) is 0 Å². The van der Waals surface area contributed by atoms with E-state index in [1.54, 1.807) is 0 Å². The third-order valence-corrected chi connectivity index (χ3v) is 1.64. The molecule has 0 amide bonds. The zero-order valence-electron chi connectivity index (χ0n) is 7.21. The Kier molecular flexibility index (Phi) is 2.96. The summed E-state index contributed by atoms with van der Waals surface area (Å²) in [6.45, 7) is 4.06. The molecule has 0 radical (unpaired) electrons. The molecule has 1 unspecified atom stereocenters. The van der Waals surface area contributed by atoms with Crippen molar-refractivity contribution in [2.45, 2.75) is 26.3 Å². The second kappa shape index (κ2) is 3.99. The maximum absolute atomic E-state index is 12.5. The Hall–Kier alpha value is -1.19. The topological polar surface area (TPSA) is 37.8 Å². The van der Waals surface area contributed by atoms with E-state index < -0.39 is 5.95 Å². The second-order valence-corrected chi connectivity index (χ2v) is 2.68. The molecule has 0 aliphatic rings. The van der Waals surface area contributed by atoms with Gasteiger partial charge in [0.15, 0.2) is 0 Å². The highest BCUT2D eigenvalue weighted by Crippen LogP contribution is 2.05. The molecule has 4 heteroatoms. The van der Waals surface area contributed by atoms with Gasteiger partial charge in [0.1, 0.15) is 12.1 Å². The monoisotopic (exact) mass is 169 g/mol. The summed E-state index contributed by atoms with van der Waals surface area (Å²) in [7, 11) is 0. The standard InChI is InChI=1S/C8H12FN3/c1-3-6(2)12-8-4-7(9)10-5-11-8/h4-6H,3H2,1-2H3,(H,10,11,12). The highest BCUT2D eigenvalue weighted by atomic mass is 19.1. The molecule has 0 bridgehead atoms. The Morgan fingerprint density at radius 3 is 2.92 bits per heavy atom. The molecule has 1 aromatic heterocycles. The molecule has 0 aliphatic carbocycles. The lowest BCUT2D eigenvalue weighted by Crippen LogP contribution is -2.14. The zero-order chi connectivity index (χ0) is 8.97. The first-order chi connectivity index (χ1) is 5.72. The van der Waals surface area contributed by atoms with Crippen molar-refractivity contribution >= 4 is 5.82 Å². The van der Waals surface area contributed by atoms with Crippen molar-refractivity contribution in [3.63, 3.8) is 0 Å². The van der Waals surface area contributed by atoms with Crippen molar-refractivity contribution < 1.29 is 4.39 Å². The van der Waals surface area contributed by atoms with Crippen LogP contribution in [0.3, 0.4) is 0 Å². The van der Waals surface area contributed by atoms with Crippen LogP contribution in [0.2, 0.25) is 0 Å². The maximum atomic E-state index is 12.5. The van der Waals surface area contributed by atoms with Gasteiger partial charge in [-0.2, -0.15) is 4.39 Å². The maximum Gasteiger partial charge on any atom is 0.217 e. The Labute approximate surface area is 71.0 Å². The molecule has 0 spiro atoms. The van der Waals surface area contributed by atoms with E-state index in [2.05, 4.69) is 22.2 Å². The first kappa shape index (κ1) is 8.90. The number of anilines is 1. The summed E-state index contributed by atoms with van der Waals surface area (Å²) in [5.41, 5.74) is 0. The average molecular weight is 169 g/mol. The van der Waals surface area contributed by atoms with Crippen molar-refractivity contribution in [3.05, 3.63) is 18.3 Å². The first-order valence-electron chi connectivity index (χ1n) is 3.96. The van der Waals surface area contributed by atoms with Gasteiger partial charge in [-0.3, -0.25) is 0 Å². The van der Waals surface area contributed by atoms with Gasteiger partial charge in [0.05, 0.1) is 0 Å². The van der Waals surface area contributed by atoms with E-state index in [-0.39, 0.29) is 0 Å². The number of rotatable bonds is 3. The van der Waals surface area contributed by atoms with Crippen LogP contribution < -0.4 is 5.32 Å². The summed E-state index contributed by atoms with van der Waals surface area (Å²) in [5, 5.41) is 3.04. The Morgan fingerprint density at radius 2 is 2.33 bits per heavy atom. The molecule has 12 heavy (non-hydrogen) atoms. The van der Waals surface area contributed by atoms with Gasteiger partial charge >= 0.3 is 0 Å². The fourth-order valence-electron chi connectivity index (χ4n) is 0.767. The summed E-state index contributed by atoms with van der Waals surface area (Å²) in [6.07, 6.45) is 2.19. The van der Waals surface area contributed by atoms with Crippen LogP contribution in [0, 0.1) is 5.95 Å². The lowest BCUT2D eigenvalue weighted by Gasteiger charge is -2.10. The zero-order valence-corrected chi connectivity index (χ0v) is 7.21. The molecule has 1 atom stereocenters. The minimum atomic E-state index is -0.504. The quantitative estimate of drug-likeness (QED) is 0.701. The van der Waals surface area contributed by atoms with Crippen molar-refractivity contribution in [3.8, 4) is 0 Å². The van der Waals surface area contributed by atoms with Crippen LogP contribution in [0.25, 0.3) is 0 Å². The van der Waals surface area contributed by atoms with Gasteiger partial charge in [0.25, 0.3) is 0 Å². The van der Waals surface area contributed by atoms with Crippen molar-refractivity contribution in [2.75, 3.05) is 5.32 Å². The molecule has 1 N–H and O–H groups in total. The van der Waals surface area contributed by atoms with Gasteiger partial charge < -0.3 is 5.32 Å². The van der Waals surface area contributed by atoms with Gasteiger partial charge in [-0.15, -0.1) is 0 Å². The summed E-state index contributed by atoms with van der Waals surface area (Å²) in [5.74, 6) is 0.0349. The molecular formula is C8H12FN3. The van der Waals surface area contributed by atoms with Crippen LogP contribution in [-0.2, 0) is 0 Å². The predicted molar refractivity (Wildman–Crippen MR) is 45.4 cm³/mol. The van der Waals surface area contributed by atoms with Crippen LogP contribution in [0.5, 0.6) is 0 Å². The van der Waals surface area contributed by atoms with E-state index in [1.807, 2.05) is 6.92 Å². The summed E-state index contributed by atoms with van der Waals surface area (Å²) >= 11 is 0. The fourth-order valence-corrected chi connectivity index (χ4v) is 0.767. The van der Waals surface area contributed by atoms with Gasteiger partial charge in [-0.05, 0) is 13.3 Å². The van der Waals surface area contributed by atoms with Crippen LogP contribution >= 0.6 is 0 Å². The molecule has 0 aliphatic heterocycles. The van der Waals surface area contributed by atoms with E-state index in [0.717, 1.165) is 6.42 Å². The number of hydrogen-bond donors (Lipinski definition) is 1. The Bertz CT molecular complexity index is 252. The minimum Gasteiger partial charge on any atom is -0.367 e. The largest absolute Gasteiger partial charge is 0.367 e. The normalized spacial score (nSPS) is 12.6. The molecule has 0 fully saturated rings. The van der Waals surface area contributed by atoms with E-state index in [9.17, 15) is 4.39 Å². The summed E-state index contributed by atoms with van der Waals surface area (Å²) in [6, 6.07) is 1.59. The third-order valence-electron chi connectivity index (χ3n) is 1.64. The van der Waals surface area contributed by atoms with E-state index in [4.69, 9.17) is 0 Å². The minimum absolute atomic E-state index is 0.305. The predicted octanol–water partition coefficient (Wildman–Crippen LogP) is 1.83. The number of halogens is 1.